The van der Waals surface area contributed by atoms with Gasteiger partial charge in [-0.3, -0.25) is 0 Å². The minimum absolute atomic E-state index is 0.137. The molecule has 4 aliphatic heterocycles. The molecule has 2 aromatic rings. The van der Waals surface area contributed by atoms with Gasteiger partial charge in [0, 0.05) is 35.6 Å². The number of carbonyl (C=O) groups excluding carboxylic acids is 1. The molecule has 12 heteroatoms. The summed E-state index contributed by atoms with van der Waals surface area (Å²) >= 11 is 0. The Morgan fingerprint density at radius 3 is 2.74 bits per heavy atom. The van der Waals surface area contributed by atoms with Crippen LogP contribution in [0.3, 0.4) is 0 Å². The number of aromatic nitrogens is 1. The lowest BCUT2D eigenvalue weighted by atomic mass is 9.77. The Morgan fingerprint density at radius 2 is 1.97 bits per heavy atom. The third-order valence-electron chi connectivity index (χ3n) is 8.40. The number of para-hydroxylation sites is 1. The van der Waals surface area contributed by atoms with Crippen LogP contribution in [0, 0.1) is 11.8 Å². The highest BCUT2D eigenvalue weighted by Gasteiger charge is 2.51. The summed E-state index contributed by atoms with van der Waals surface area (Å²) < 4.78 is 24.2. The minimum Gasteiger partial charge on any atom is -0.847 e. The molecule has 0 radical (unpaired) electrons. The molecule has 12 nitrogen and oxygen atoms in total. The predicted octanol–water partition coefficient (Wildman–Crippen LogP) is -1.88. The van der Waals surface area contributed by atoms with Crippen molar-refractivity contribution in [2.75, 3.05) is 26.8 Å². The van der Waals surface area contributed by atoms with Gasteiger partial charge >= 0.3 is 5.97 Å². The first-order chi connectivity index (χ1) is 18.8. The smallest absolute Gasteiger partial charge is 0.337 e. The van der Waals surface area contributed by atoms with Gasteiger partial charge < -0.3 is 49.5 Å². The summed E-state index contributed by atoms with van der Waals surface area (Å²) in [5.74, 6) is -2.14. The van der Waals surface area contributed by atoms with E-state index < -0.39 is 67.5 Å². The Bertz CT molecular complexity index is 1320. The van der Waals surface area contributed by atoms with Crippen LogP contribution in [-0.4, -0.2) is 112 Å². The van der Waals surface area contributed by atoms with Crippen LogP contribution >= 0.6 is 0 Å². The molecule has 1 fully saturated rings. The number of fused-ring (bicyclic) bond motifs is 5. The van der Waals surface area contributed by atoms with Gasteiger partial charge in [-0.1, -0.05) is 24.3 Å². The first-order valence-electron chi connectivity index (χ1n) is 13.1. The fraction of sp³-hybridized carbons (Fsp3) is 0.556. The summed E-state index contributed by atoms with van der Waals surface area (Å²) in [5, 5.41) is 55.4. The molecule has 0 spiro atoms. The van der Waals surface area contributed by atoms with Crippen molar-refractivity contribution in [3.63, 3.8) is 0 Å². The lowest BCUT2D eigenvalue weighted by Crippen LogP contribution is -2.61. The second kappa shape index (κ2) is 10.3. The average molecular weight is 545 g/mol. The largest absolute Gasteiger partial charge is 0.847 e. The molecule has 0 amide bonds. The van der Waals surface area contributed by atoms with Crippen LogP contribution in [0.2, 0.25) is 0 Å². The summed E-state index contributed by atoms with van der Waals surface area (Å²) in [6, 6.07) is 8.02. The van der Waals surface area contributed by atoms with E-state index in [1.165, 1.54) is 18.9 Å². The summed E-state index contributed by atoms with van der Waals surface area (Å²) in [6.07, 6.45) is -7.74. The molecule has 0 bridgehead atoms. The number of ether oxygens (including phenoxy) is 4. The van der Waals surface area contributed by atoms with Crippen molar-refractivity contribution in [1.29, 1.82) is 0 Å². The lowest BCUT2D eigenvalue weighted by molar-refractivity contribution is -0.582. The van der Waals surface area contributed by atoms with Gasteiger partial charge in [-0.2, -0.15) is 0 Å². The minimum atomic E-state index is -1.67. The number of H-pyrrole nitrogens is 1. The molecule has 1 aromatic heterocycles. The molecule has 39 heavy (non-hydrogen) atoms. The van der Waals surface area contributed by atoms with Crippen LogP contribution in [0.4, 0.5) is 0 Å². The van der Waals surface area contributed by atoms with Gasteiger partial charge in [0.25, 0.3) is 0 Å². The molecular weight excluding hydrogens is 512 g/mol. The number of hydrogen-bond acceptors (Lipinski definition) is 10. The number of hydrogen-bond donors (Lipinski definition) is 5. The van der Waals surface area contributed by atoms with E-state index in [1.807, 2.05) is 22.8 Å². The van der Waals surface area contributed by atoms with Crippen molar-refractivity contribution in [2.24, 2.45) is 11.8 Å². The number of carbonyl (C=O) groups is 1. The average Bonchev–Trinajstić information content (AvgIpc) is 3.25. The van der Waals surface area contributed by atoms with Crippen LogP contribution in [0.5, 0.6) is 0 Å². The highest BCUT2D eigenvalue weighted by molar-refractivity contribution is 6.04. The highest BCUT2D eigenvalue weighted by Crippen LogP contribution is 2.41. The van der Waals surface area contributed by atoms with Gasteiger partial charge in [-0.25, -0.2) is 9.37 Å². The van der Waals surface area contributed by atoms with Gasteiger partial charge in [-0.15, -0.1) is 0 Å². The standard InChI is InChI=1S/C27H31N2O10/c1-36-25(35)15-11-37-26(39-27-24(34)23(33)22(32)19(10-30)38-27)20-14(15)8-17-21-13(6-7-29(17)9-18(20)31)12-4-2-3-5-16(12)28-21/h2-5,11,14,18-20,22-24,26-27,30,32-34H,6-10H2,1H3/q-1/p+1/t14-,18-,19-,20+,22-,23+,24-,26+,27+/m1/s1. The molecule has 5 heterocycles. The van der Waals surface area contributed by atoms with Gasteiger partial charge in [0.2, 0.25) is 12.0 Å². The number of nitrogens with zero attached hydrogens (tertiary/aromatic N) is 1. The van der Waals surface area contributed by atoms with Crippen LogP contribution in [0.15, 0.2) is 36.1 Å². The number of rotatable bonds is 4. The van der Waals surface area contributed by atoms with E-state index in [0.717, 1.165) is 28.7 Å². The fourth-order valence-corrected chi connectivity index (χ4v) is 6.37. The Hall–Kier alpha value is -2.84. The predicted molar refractivity (Wildman–Crippen MR) is 131 cm³/mol. The Kier molecular flexibility index (Phi) is 6.96. The van der Waals surface area contributed by atoms with Crippen molar-refractivity contribution in [3.8, 4) is 0 Å². The molecule has 1 saturated heterocycles. The van der Waals surface area contributed by atoms with Crippen LogP contribution < -0.4 is 5.11 Å². The highest BCUT2D eigenvalue weighted by atomic mass is 16.8. The number of aromatic amines is 1. The third kappa shape index (κ3) is 4.36. The first kappa shape index (κ1) is 26.4. The second-order valence-corrected chi connectivity index (χ2v) is 10.5. The van der Waals surface area contributed by atoms with Crippen LogP contribution in [-0.2, 0) is 30.2 Å². The zero-order chi connectivity index (χ0) is 27.4. The third-order valence-corrected chi connectivity index (χ3v) is 8.40. The summed E-state index contributed by atoms with van der Waals surface area (Å²) in [7, 11) is 1.26. The van der Waals surface area contributed by atoms with Crippen LogP contribution in [0.1, 0.15) is 17.7 Å². The quantitative estimate of drug-likeness (QED) is 0.216. The Balaban J connectivity index is 1.35. The monoisotopic (exact) mass is 544 g/mol. The molecule has 0 saturated carbocycles. The fourth-order valence-electron chi connectivity index (χ4n) is 6.37. The maximum Gasteiger partial charge on any atom is 0.337 e. The normalized spacial score (nSPS) is 36.3. The maximum atomic E-state index is 13.9. The molecule has 0 aliphatic carbocycles. The molecule has 4 aliphatic rings. The molecular formula is C27H32N2O10. The molecule has 210 valence electrons. The van der Waals surface area contributed by atoms with E-state index in [0.29, 0.717) is 13.0 Å². The van der Waals surface area contributed by atoms with Crippen molar-refractivity contribution >= 4 is 22.6 Å². The van der Waals surface area contributed by atoms with E-state index in [-0.39, 0.29) is 12.1 Å². The SMILES string of the molecule is COC(=O)C1=CO[C@@H](O[C@@H]2O[C@H](CO)[C@@H](O)[C@H](O)[C@H]2O)[C@@H]2[C@H]([O-])C[N+]3=C(C[C@H]12)c1[nH]c2ccccc2c1CC3. The zero-order valence-electron chi connectivity index (χ0n) is 21.3. The zero-order valence-corrected chi connectivity index (χ0v) is 21.3. The van der Waals surface area contributed by atoms with E-state index >= 15 is 0 Å². The molecule has 9 atom stereocenters. The van der Waals surface area contributed by atoms with Gasteiger partial charge in [-0.05, 0) is 11.6 Å². The molecule has 0 unspecified atom stereocenters. The number of aliphatic hydroxyl groups is 4. The summed E-state index contributed by atoms with van der Waals surface area (Å²) in [4.78, 5) is 16.3. The van der Waals surface area contributed by atoms with E-state index in [4.69, 9.17) is 18.9 Å². The number of nitrogens with one attached hydrogen (secondary N) is 1. The summed E-state index contributed by atoms with van der Waals surface area (Å²) in [5.41, 5.74) is 4.23. The Labute approximate surface area is 223 Å². The maximum absolute atomic E-state index is 13.9. The molecule has 6 rings (SSSR count). The lowest BCUT2D eigenvalue weighted by Gasteiger charge is -2.45. The van der Waals surface area contributed by atoms with E-state index in [9.17, 15) is 30.3 Å². The molecule has 5 N–H and O–H groups in total. The van der Waals surface area contributed by atoms with Crippen molar-refractivity contribution in [1.82, 2.24) is 4.98 Å². The van der Waals surface area contributed by atoms with Gasteiger partial charge in [0.15, 0.2) is 6.29 Å². The number of methoxy groups -OCH3 is 1. The number of benzene rings is 1. The molecule has 1 aromatic carbocycles. The van der Waals surface area contributed by atoms with Gasteiger partial charge in [0.1, 0.15) is 43.2 Å². The Morgan fingerprint density at radius 1 is 1.18 bits per heavy atom. The van der Waals surface area contributed by atoms with E-state index in [2.05, 4.69) is 11.1 Å². The second-order valence-electron chi connectivity index (χ2n) is 10.5. The van der Waals surface area contributed by atoms with Crippen LogP contribution in [0.25, 0.3) is 10.9 Å². The number of aliphatic hydroxyl groups excluding tert-OH is 4. The summed E-state index contributed by atoms with van der Waals surface area (Å²) in [6.45, 7) is 0.148. The van der Waals surface area contributed by atoms with Crippen molar-refractivity contribution in [3.05, 3.63) is 47.4 Å². The van der Waals surface area contributed by atoms with Crippen molar-refractivity contribution in [2.45, 2.75) is 55.9 Å². The number of esters is 1. The van der Waals surface area contributed by atoms with E-state index in [1.54, 1.807) is 0 Å². The first-order valence-corrected chi connectivity index (χ1v) is 13.1. The van der Waals surface area contributed by atoms with Crippen molar-refractivity contribution < 1.29 is 53.9 Å². The van der Waals surface area contributed by atoms with Gasteiger partial charge in [0.05, 0.1) is 25.6 Å². The topological polar surface area (TPSA) is 177 Å².